The number of hydrogen-bond donors (Lipinski definition) is 11. The third kappa shape index (κ3) is 10.2. The SMILES string of the molecule is Nc1nc2ncc(CNc3ccc(C(=O)NC(CCC(=O)NCC[NH+]=C(S)Nc4ccc(-c5c6ccc(=O)cc-6oc6cc(O)ccc56)c(C(=O)O)c4)C(=O)O)cc3)nc2c(=O)[nH]1. The van der Waals surface area contributed by atoms with Crippen molar-refractivity contribution in [3.05, 3.63) is 122 Å². The zero-order valence-electron chi connectivity index (χ0n) is 32.8. The first kappa shape index (κ1) is 42.8. The number of aromatic nitrogens is 4. The summed E-state index contributed by atoms with van der Waals surface area (Å²) in [5.74, 6) is -3.58. The number of carbonyl (C=O) groups is 4. The summed E-state index contributed by atoms with van der Waals surface area (Å²) in [6.45, 7) is 0.498. The second kappa shape index (κ2) is 18.5. The number of fused-ring (bicyclic) bond motifs is 3. The highest BCUT2D eigenvalue weighted by molar-refractivity contribution is 7.96. The number of nitrogens with one attached hydrogen (secondary N) is 6. The number of rotatable bonds is 15. The Morgan fingerprint density at radius 2 is 1.68 bits per heavy atom. The summed E-state index contributed by atoms with van der Waals surface area (Å²) >= 11 is 4.40. The average Bonchev–Trinajstić information content (AvgIpc) is 3.25. The van der Waals surface area contributed by atoms with Crippen LogP contribution in [0.3, 0.4) is 0 Å². The number of aromatic carboxylic acids is 1. The van der Waals surface area contributed by atoms with E-state index < -0.39 is 35.4 Å². The van der Waals surface area contributed by atoms with Gasteiger partial charge < -0.3 is 41.4 Å². The highest BCUT2D eigenvalue weighted by atomic mass is 32.1. The molecule has 21 heteroatoms. The van der Waals surface area contributed by atoms with Gasteiger partial charge in [0.2, 0.25) is 11.9 Å². The predicted octanol–water partition coefficient (Wildman–Crippen LogP) is 1.75. The molecule has 11 N–H and O–H groups in total. The van der Waals surface area contributed by atoms with Crippen molar-refractivity contribution in [3.63, 3.8) is 0 Å². The number of hydrogen-bond acceptors (Lipinski definition) is 13. The fourth-order valence-electron chi connectivity index (χ4n) is 6.58. The Kier molecular flexibility index (Phi) is 12.6. The Labute approximate surface area is 360 Å². The number of amidine groups is 1. The third-order valence-electron chi connectivity index (χ3n) is 9.57. The number of nitrogen functional groups attached to an aromatic ring is 1. The zero-order valence-corrected chi connectivity index (χ0v) is 33.7. The number of phenolic OH excluding ortho intramolecular Hbond substituents is 1. The number of amides is 2. The van der Waals surface area contributed by atoms with Crippen molar-refractivity contribution in [3.8, 4) is 28.2 Å². The number of thiol groups is 1. The molecule has 3 heterocycles. The van der Waals surface area contributed by atoms with Crippen molar-refractivity contribution in [2.75, 3.05) is 29.5 Å². The Hall–Kier alpha value is -8.33. The molecular weight excluding hydrogens is 837 g/mol. The first-order valence-electron chi connectivity index (χ1n) is 19.0. The standard InChI is InChI=1S/C42H36N10O10S/c43-41-51-36-35(38(57)52-41)48-23(19-47-36)18-46-21-3-1-20(2-4-21)37(56)50-30(40(60)61)11-12-33(55)44-13-14-45-42(63)49-22-5-8-26(29(15-22)39(58)59)34-27-9-6-24(53)16-31(27)62-32-17-25(54)7-10-28(32)34/h1-10,15-17,19,30,46,53H,11-14,18H2,(H,44,55)(H,50,56)(H,58,59)(H,60,61)(H2,45,49,63)(H3,43,47,51,52,57)/p+1. The number of nitrogens with two attached hydrogens (primary N) is 1. The molecule has 0 saturated heterocycles. The van der Waals surface area contributed by atoms with Gasteiger partial charge in [-0.2, -0.15) is 4.98 Å². The van der Waals surface area contributed by atoms with E-state index in [0.29, 0.717) is 39.1 Å². The number of anilines is 3. The zero-order chi connectivity index (χ0) is 44.8. The molecule has 1 atom stereocenters. The van der Waals surface area contributed by atoms with Crippen LogP contribution < -0.4 is 43.0 Å². The number of aromatic amines is 1. The van der Waals surface area contributed by atoms with Crippen LogP contribution in [0.2, 0.25) is 0 Å². The molecule has 63 heavy (non-hydrogen) atoms. The van der Waals surface area contributed by atoms with Crippen LogP contribution in [0.5, 0.6) is 5.75 Å². The summed E-state index contributed by atoms with van der Waals surface area (Å²) in [5.41, 5.74) is 7.97. The molecule has 0 bridgehead atoms. The lowest BCUT2D eigenvalue weighted by Crippen LogP contribution is -2.75. The van der Waals surface area contributed by atoms with Crippen LogP contribution in [0.4, 0.5) is 17.3 Å². The van der Waals surface area contributed by atoms with Crippen LogP contribution >= 0.6 is 12.6 Å². The van der Waals surface area contributed by atoms with Gasteiger partial charge in [-0.05, 0) is 78.7 Å². The number of carboxylic acids is 2. The van der Waals surface area contributed by atoms with Crippen LogP contribution in [-0.4, -0.2) is 83.3 Å². The Balaban J connectivity index is 0.894. The topological polar surface area (TPSA) is 319 Å². The number of carboxylic acid groups (broad SMARTS) is 2. The van der Waals surface area contributed by atoms with Crippen molar-refractivity contribution >= 4 is 81.0 Å². The van der Waals surface area contributed by atoms with E-state index in [1.165, 1.54) is 48.7 Å². The quantitative estimate of drug-likeness (QED) is 0.0230. The smallest absolute Gasteiger partial charge is 0.336 e. The van der Waals surface area contributed by atoms with E-state index in [4.69, 9.17) is 10.2 Å². The largest absolute Gasteiger partial charge is 0.508 e. The number of aliphatic carboxylic acids is 1. The molecule has 0 saturated carbocycles. The van der Waals surface area contributed by atoms with Gasteiger partial charge in [0.1, 0.15) is 35.4 Å². The summed E-state index contributed by atoms with van der Waals surface area (Å²) < 4.78 is 5.88. The Morgan fingerprint density at radius 3 is 2.44 bits per heavy atom. The highest BCUT2D eigenvalue weighted by Crippen LogP contribution is 2.42. The third-order valence-corrected chi connectivity index (χ3v) is 9.84. The number of H-pyrrole nitrogens is 1. The van der Waals surface area contributed by atoms with Gasteiger partial charge in [-0.25, -0.2) is 24.9 Å². The minimum absolute atomic E-state index is 0.0331. The van der Waals surface area contributed by atoms with Gasteiger partial charge in [0, 0.05) is 46.3 Å². The Bertz CT molecular complexity index is 3050. The number of nitrogens with zero attached hydrogens (tertiary/aromatic N) is 3. The number of carbonyl (C=O) groups excluding carboxylic acids is 2. The summed E-state index contributed by atoms with van der Waals surface area (Å²) in [4.78, 5) is 91.9. The molecule has 0 radical (unpaired) electrons. The maximum Gasteiger partial charge on any atom is 0.336 e. The fourth-order valence-corrected chi connectivity index (χ4v) is 6.82. The van der Waals surface area contributed by atoms with E-state index >= 15 is 0 Å². The molecule has 7 rings (SSSR count). The van der Waals surface area contributed by atoms with Crippen molar-refractivity contribution in [1.82, 2.24) is 30.6 Å². The highest BCUT2D eigenvalue weighted by Gasteiger charge is 2.24. The normalized spacial score (nSPS) is 11.9. The van der Waals surface area contributed by atoms with Gasteiger partial charge in [0.25, 0.3) is 11.5 Å². The van der Waals surface area contributed by atoms with E-state index in [2.05, 4.69) is 58.8 Å². The summed E-state index contributed by atoms with van der Waals surface area (Å²) in [6.07, 6.45) is 1.06. The van der Waals surface area contributed by atoms with E-state index in [1.54, 1.807) is 36.4 Å². The first-order chi connectivity index (χ1) is 30.2. The second-order valence-corrected chi connectivity index (χ2v) is 14.4. The molecule has 320 valence electrons. The maximum absolute atomic E-state index is 12.9. The predicted molar refractivity (Wildman–Crippen MR) is 234 cm³/mol. The molecular formula is C42H37N10O10S+. The van der Waals surface area contributed by atoms with Crippen LogP contribution in [-0.2, 0) is 16.1 Å². The maximum atomic E-state index is 12.9. The molecule has 3 aromatic carbocycles. The minimum Gasteiger partial charge on any atom is -0.508 e. The number of phenols is 1. The van der Waals surface area contributed by atoms with Crippen molar-refractivity contribution in [1.29, 1.82) is 0 Å². The molecule has 5 aromatic rings. The lowest BCUT2D eigenvalue weighted by Gasteiger charge is -2.17. The summed E-state index contributed by atoms with van der Waals surface area (Å²) in [7, 11) is 0. The van der Waals surface area contributed by atoms with Crippen LogP contribution in [0, 0.1) is 0 Å². The molecule has 1 unspecified atom stereocenters. The molecule has 2 aromatic heterocycles. The monoisotopic (exact) mass is 873 g/mol. The van der Waals surface area contributed by atoms with Crippen LogP contribution in [0.25, 0.3) is 44.6 Å². The van der Waals surface area contributed by atoms with Gasteiger partial charge in [-0.15, -0.1) is 0 Å². The molecule has 1 aliphatic heterocycles. The van der Waals surface area contributed by atoms with E-state index in [-0.39, 0.29) is 88.4 Å². The van der Waals surface area contributed by atoms with Gasteiger partial charge in [0.15, 0.2) is 16.6 Å². The van der Waals surface area contributed by atoms with Crippen LogP contribution in [0.1, 0.15) is 39.3 Å². The Morgan fingerprint density at radius 1 is 0.921 bits per heavy atom. The lowest BCUT2D eigenvalue weighted by atomic mass is 9.90. The lowest BCUT2D eigenvalue weighted by molar-refractivity contribution is -0.451. The fraction of sp³-hybridized carbons (Fsp3) is 0.143. The molecule has 2 aliphatic rings. The summed E-state index contributed by atoms with van der Waals surface area (Å²) in [5, 5.41) is 42.0. The van der Waals surface area contributed by atoms with E-state index in [0.717, 1.165) is 0 Å². The number of aromatic hydroxyl groups is 1. The summed E-state index contributed by atoms with van der Waals surface area (Å²) in [6, 6.07) is 18.1. The van der Waals surface area contributed by atoms with Crippen molar-refractivity contribution in [2.45, 2.75) is 25.4 Å². The van der Waals surface area contributed by atoms with Crippen molar-refractivity contribution in [2.24, 2.45) is 0 Å². The molecule has 1 aliphatic carbocycles. The molecule has 20 nitrogen and oxygen atoms in total. The number of benzene rings is 4. The first-order valence-corrected chi connectivity index (χ1v) is 19.5. The molecule has 2 amide bonds. The average molecular weight is 874 g/mol. The van der Waals surface area contributed by atoms with E-state index in [1.807, 2.05) is 0 Å². The second-order valence-electron chi connectivity index (χ2n) is 13.9. The van der Waals surface area contributed by atoms with Gasteiger partial charge in [-0.3, -0.25) is 29.2 Å². The van der Waals surface area contributed by atoms with Gasteiger partial charge in [0.05, 0.1) is 30.5 Å². The molecule has 0 spiro atoms. The van der Waals surface area contributed by atoms with Crippen LogP contribution in [0.15, 0.2) is 99.1 Å². The van der Waals surface area contributed by atoms with Gasteiger partial charge >= 0.3 is 17.1 Å². The van der Waals surface area contributed by atoms with E-state index in [9.17, 15) is 44.1 Å². The van der Waals surface area contributed by atoms with Gasteiger partial charge in [-0.1, -0.05) is 12.6 Å². The minimum atomic E-state index is -1.35. The van der Waals surface area contributed by atoms with Crippen molar-refractivity contribution < 1.29 is 43.9 Å². The molecule has 0 fully saturated rings.